The van der Waals surface area contributed by atoms with Crippen molar-refractivity contribution >= 4 is 29.1 Å². The lowest BCUT2D eigenvalue weighted by Crippen LogP contribution is -2.31. The fourth-order valence-electron chi connectivity index (χ4n) is 2.58. The minimum absolute atomic E-state index is 0.0805. The van der Waals surface area contributed by atoms with Gasteiger partial charge in [-0.25, -0.2) is 0 Å². The molecule has 3 amide bonds. The van der Waals surface area contributed by atoms with E-state index in [1.165, 1.54) is 0 Å². The molecule has 0 aliphatic rings. The lowest BCUT2D eigenvalue weighted by Gasteiger charge is -2.12. The summed E-state index contributed by atoms with van der Waals surface area (Å²) in [5.74, 6) is -0.449. The average Bonchev–Trinajstić information content (AvgIpc) is 2.76. The van der Waals surface area contributed by atoms with Crippen LogP contribution in [0.2, 0.25) is 0 Å². The normalized spacial score (nSPS) is 11.3. The molecule has 30 heavy (non-hydrogen) atoms. The minimum Gasteiger partial charge on any atom is -0.376 e. The molecule has 7 nitrogen and oxygen atoms in total. The summed E-state index contributed by atoms with van der Waals surface area (Å²) in [5, 5.41) is 11.5. The van der Waals surface area contributed by atoms with Crippen LogP contribution in [-0.4, -0.2) is 36.9 Å². The molecule has 4 N–H and O–H groups in total. The number of benzene rings is 2. The van der Waals surface area contributed by atoms with Gasteiger partial charge in [0.2, 0.25) is 5.91 Å². The van der Waals surface area contributed by atoms with Crippen LogP contribution in [0.3, 0.4) is 0 Å². The van der Waals surface area contributed by atoms with Crippen LogP contribution in [0, 0.1) is 0 Å². The number of rotatable bonds is 10. The summed E-state index contributed by atoms with van der Waals surface area (Å²) >= 11 is 0. The van der Waals surface area contributed by atoms with E-state index in [1.807, 2.05) is 20.8 Å². The standard InChI is InChI=1S/C23H30N4O3/c1-4-14-24-22(29)17-8-12-20(13-9-17)27-21(28)15-25-19-10-6-18(7-11-19)23(30)26-16(3)5-2/h6-13,16,25H,4-5,14-15H2,1-3H3,(H,24,29)(H,26,30)(H,27,28). The van der Waals surface area contributed by atoms with Gasteiger partial charge in [0.25, 0.3) is 11.8 Å². The van der Waals surface area contributed by atoms with Gasteiger partial charge in [-0.15, -0.1) is 0 Å². The van der Waals surface area contributed by atoms with E-state index in [4.69, 9.17) is 0 Å². The monoisotopic (exact) mass is 410 g/mol. The maximum atomic E-state index is 12.2. The summed E-state index contributed by atoms with van der Waals surface area (Å²) in [5.41, 5.74) is 2.49. The zero-order valence-electron chi connectivity index (χ0n) is 17.7. The lowest BCUT2D eigenvalue weighted by atomic mass is 10.1. The first-order valence-corrected chi connectivity index (χ1v) is 10.3. The van der Waals surface area contributed by atoms with Gasteiger partial charge in [0.15, 0.2) is 0 Å². The zero-order valence-corrected chi connectivity index (χ0v) is 17.7. The topological polar surface area (TPSA) is 99.3 Å². The molecule has 0 heterocycles. The molecule has 0 aliphatic heterocycles. The average molecular weight is 411 g/mol. The van der Waals surface area contributed by atoms with Crippen molar-refractivity contribution in [1.82, 2.24) is 10.6 Å². The van der Waals surface area contributed by atoms with Gasteiger partial charge in [0, 0.05) is 35.1 Å². The number of carbonyl (C=O) groups is 3. The van der Waals surface area contributed by atoms with Crippen molar-refractivity contribution in [3.63, 3.8) is 0 Å². The van der Waals surface area contributed by atoms with Gasteiger partial charge in [0.1, 0.15) is 0 Å². The number of amides is 3. The van der Waals surface area contributed by atoms with Crippen LogP contribution < -0.4 is 21.3 Å². The number of hydrogen-bond acceptors (Lipinski definition) is 4. The summed E-state index contributed by atoms with van der Waals surface area (Å²) < 4.78 is 0. The minimum atomic E-state index is -0.211. The molecule has 160 valence electrons. The lowest BCUT2D eigenvalue weighted by molar-refractivity contribution is -0.114. The molecule has 0 fully saturated rings. The van der Waals surface area contributed by atoms with Gasteiger partial charge >= 0.3 is 0 Å². The van der Waals surface area contributed by atoms with Crippen molar-refractivity contribution in [1.29, 1.82) is 0 Å². The number of hydrogen-bond donors (Lipinski definition) is 4. The van der Waals surface area contributed by atoms with E-state index in [9.17, 15) is 14.4 Å². The number of carbonyl (C=O) groups excluding carboxylic acids is 3. The summed E-state index contributed by atoms with van der Waals surface area (Å²) in [6.07, 6.45) is 1.75. The molecule has 0 radical (unpaired) electrons. The third-order valence-electron chi connectivity index (χ3n) is 4.56. The summed E-state index contributed by atoms with van der Waals surface area (Å²) in [4.78, 5) is 36.1. The second-order valence-corrected chi connectivity index (χ2v) is 7.10. The quantitative estimate of drug-likeness (QED) is 0.482. The maximum absolute atomic E-state index is 12.2. The molecule has 2 aromatic rings. The SMILES string of the molecule is CCCNC(=O)c1ccc(NC(=O)CNc2ccc(C(=O)NC(C)CC)cc2)cc1. The molecule has 1 unspecified atom stereocenters. The van der Waals surface area contributed by atoms with E-state index in [0.717, 1.165) is 18.5 Å². The number of nitrogens with one attached hydrogen (secondary N) is 4. The van der Waals surface area contributed by atoms with Crippen LogP contribution in [0.1, 0.15) is 54.3 Å². The van der Waals surface area contributed by atoms with Crippen LogP contribution in [0.4, 0.5) is 11.4 Å². The molecule has 1 atom stereocenters. The molecule has 2 rings (SSSR count). The Morgan fingerprint density at radius 3 is 1.97 bits per heavy atom. The van der Waals surface area contributed by atoms with Gasteiger partial charge in [0.05, 0.1) is 6.54 Å². The Hall–Kier alpha value is -3.35. The van der Waals surface area contributed by atoms with Crippen LogP contribution >= 0.6 is 0 Å². The van der Waals surface area contributed by atoms with Gasteiger partial charge in [-0.3, -0.25) is 14.4 Å². The Kier molecular flexibility index (Phi) is 8.87. The van der Waals surface area contributed by atoms with Crippen LogP contribution in [0.5, 0.6) is 0 Å². The highest BCUT2D eigenvalue weighted by atomic mass is 16.2. The zero-order chi connectivity index (χ0) is 21.9. The van der Waals surface area contributed by atoms with E-state index >= 15 is 0 Å². The summed E-state index contributed by atoms with van der Waals surface area (Å²) in [6, 6.07) is 13.9. The molecule has 0 saturated heterocycles. The molecular weight excluding hydrogens is 380 g/mol. The predicted octanol–water partition coefficient (Wildman–Crippen LogP) is 3.41. The Morgan fingerprint density at radius 1 is 0.833 bits per heavy atom. The van der Waals surface area contributed by atoms with E-state index in [-0.39, 0.29) is 30.3 Å². The number of anilines is 2. The highest BCUT2D eigenvalue weighted by molar-refractivity contribution is 5.97. The van der Waals surface area contributed by atoms with Crippen molar-refractivity contribution in [2.45, 2.75) is 39.7 Å². The van der Waals surface area contributed by atoms with Gasteiger partial charge in [-0.05, 0) is 68.3 Å². The Balaban J connectivity index is 1.81. The third kappa shape index (κ3) is 7.24. The van der Waals surface area contributed by atoms with Gasteiger partial charge in [-0.2, -0.15) is 0 Å². The summed E-state index contributed by atoms with van der Waals surface area (Å²) in [7, 11) is 0. The molecule has 0 bridgehead atoms. The van der Waals surface area contributed by atoms with Crippen molar-refractivity contribution in [2.75, 3.05) is 23.7 Å². The molecular formula is C23H30N4O3. The van der Waals surface area contributed by atoms with Crippen molar-refractivity contribution in [3.8, 4) is 0 Å². The van der Waals surface area contributed by atoms with Gasteiger partial charge in [-0.1, -0.05) is 13.8 Å². The maximum Gasteiger partial charge on any atom is 0.251 e. The largest absolute Gasteiger partial charge is 0.376 e. The first-order valence-electron chi connectivity index (χ1n) is 10.3. The van der Waals surface area contributed by atoms with E-state index in [2.05, 4.69) is 21.3 Å². The molecule has 0 aliphatic carbocycles. The Morgan fingerprint density at radius 2 is 1.40 bits per heavy atom. The molecule has 0 spiro atoms. The Bertz CT molecular complexity index is 848. The van der Waals surface area contributed by atoms with Crippen molar-refractivity contribution in [2.24, 2.45) is 0 Å². The molecule has 0 saturated carbocycles. The highest BCUT2D eigenvalue weighted by Gasteiger charge is 2.09. The Labute approximate surface area is 177 Å². The molecule has 2 aromatic carbocycles. The van der Waals surface area contributed by atoms with E-state index in [0.29, 0.717) is 23.4 Å². The van der Waals surface area contributed by atoms with Crippen molar-refractivity contribution in [3.05, 3.63) is 59.7 Å². The third-order valence-corrected chi connectivity index (χ3v) is 4.56. The van der Waals surface area contributed by atoms with Crippen LogP contribution in [-0.2, 0) is 4.79 Å². The first-order chi connectivity index (χ1) is 14.4. The predicted molar refractivity (Wildman–Crippen MR) is 120 cm³/mol. The van der Waals surface area contributed by atoms with E-state index < -0.39 is 0 Å². The second-order valence-electron chi connectivity index (χ2n) is 7.10. The van der Waals surface area contributed by atoms with Gasteiger partial charge < -0.3 is 21.3 Å². The van der Waals surface area contributed by atoms with E-state index in [1.54, 1.807) is 48.5 Å². The molecule has 7 heteroatoms. The molecule has 0 aromatic heterocycles. The fraction of sp³-hybridized carbons (Fsp3) is 0.348. The van der Waals surface area contributed by atoms with Crippen LogP contribution in [0.15, 0.2) is 48.5 Å². The first kappa shape index (κ1) is 22.9. The van der Waals surface area contributed by atoms with Crippen molar-refractivity contribution < 1.29 is 14.4 Å². The smallest absolute Gasteiger partial charge is 0.251 e. The second kappa shape index (κ2) is 11.6. The van der Waals surface area contributed by atoms with Crippen LogP contribution in [0.25, 0.3) is 0 Å². The highest BCUT2D eigenvalue weighted by Crippen LogP contribution is 2.12. The fourth-order valence-corrected chi connectivity index (χ4v) is 2.58. The summed E-state index contributed by atoms with van der Waals surface area (Å²) in [6.45, 7) is 6.68.